The summed E-state index contributed by atoms with van der Waals surface area (Å²) in [6.07, 6.45) is -1.72. The van der Waals surface area contributed by atoms with Crippen LogP contribution >= 0.6 is 11.6 Å². The Morgan fingerprint density at radius 1 is 0.618 bits per heavy atom. The molecule has 0 atom stereocenters. The van der Waals surface area contributed by atoms with E-state index in [1.54, 1.807) is 36.7 Å². The minimum atomic E-state index is -5.06. The Labute approximate surface area is 434 Å². The lowest BCUT2D eigenvalue weighted by Gasteiger charge is -2.35. The number of anilines is 4. The van der Waals surface area contributed by atoms with Crippen molar-refractivity contribution in [3.8, 4) is 23.0 Å². The molecule has 10 rings (SSSR count). The van der Waals surface area contributed by atoms with Crippen LogP contribution in [0.2, 0.25) is 5.02 Å². The van der Waals surface area contributed by atoms with E-state index in [0.717, 1.165) is 86.8 Å². The molecule has 8 aromatic rings. The summed E-state index contributed by atoms with van der Waals surface area (Å²) < 4.78 is 107. The number of alkyl halides is 3. The summed E-state index contributed by atoms with van der Waals surface area (Å²) in [7, 11) is 0. The van der Waals surface area contributed by atoms with E-state index in [9.17, 15) is 27.2 Å². The number of amides is 4. The van der Waals surface area contributed by atoms with Crippen LogP contribution in [0.1, 0.15) is 17.0 Å². The average Bonchev–Trinajstić information content (AvgIpc) is 3.43. The van der Waals surface area contributed by atoms with Crippen molar-refractivity contribution in [3.63, 3.8) is 0 Å². The van der Waals surface area contributed by atoms with Gasteiger partial charge in [-0.1, -0.05) is 11.6 Å². The highest BCUT2D eigenvalue weighted by molar-refractivity contribution is 6.31. The molecule has 6 aromatic carbocycles. The van der Waals surface area contributed by atoms with Gasteiger partial charge in [0.15, 0.2) is 23.1 Å². The van der Waals surface area contributed by atoms with Crippen molar-refractivity contribution in [2.45, 2.75) is 19.3 Å². The van der Waals surface area contributed by atoms with E-state index in [-0.39, 0.29) is 34.3 Å². The monoisotopic (exact) mass is 1060 g/mol. The van der Waals surface area contributed by atoms with Crippen LogP contribution in [0.4, 0.5) is 58.7 Å². The van der Waals surface area contributed by atoms with E-state index in [1.807, 2.05) is 0 Å². The summed E-state index contributed by atoms with van der Waals surface area (Å²) >= 11 is 6.06. The topological polar surface area (TPSA) is 162 Å². The van der Waals surface area contributed by atoms with Gasteiger partial charge in [0.25, 0.3) is 0 Å². The first-order valence-electron chi connectivity index (χ1n) is 23.7. The van der Waals surface area contributed by atoms with Gasteiger partial charge in [-0.3, -0.25) is 19.8 Å². The Morgan fingerprint density at radius 2 is 1.13 bits per heavy atom. The average molecular weight is 1060 g/mol. The van der Waals surface area contributed by atoms with E-state index in [2.05, 4.69) is 35.7 Å². The number of halogens is 7. The molecule has 0 aliphatic carbocycles. The third-order valence-electron chi connectivity index (χ3n) is 12.2. The number of hydrazine groups is 1. The molecular weight excluding hydrogens is 1020 g/mol. The van der Waals surface area contributed by atoms with Crippen molar-refractivity contribution in [1.29, 1.82) is 0 Å². The first-order valence-corrected chi connectivity index (χ1v) is 24.1. The Kier molecular flexibility index (Phi) is 15.1. The predicted molar refractivity (Wildman–Crippen MR) is 272 cm³/mol. The summed E-state index contributed by atoms with van der Waals surface area (Å²) in [4.78, 5) is 52.5. The molecule has 0 radical (unpaired) electrons. The van der Waals surface area contributed by atoms with E-state index in [0.29, 0.717) is 88.9 Å². The summed E-state index contributed by atoms with van der Waals surface area (Å²) in [5.41, 5.74) is 0.885. The molecule has 23 heteroatoms. The molecule has 390 valence electrons. The number of morpholine rings is 1. The molecule has 0 spiro atoms. The van der Waals surface area contributed by atoms with Crippen LogP contribution in [0.3, 0.4) is 0 Å². The highest BCUT2D eigenvalue weighted by atomic mass is 35.5. The number of fused-ring (bicyclic) bond motifs is 2. The molecule has 3 N–H and O–H groups in total. The number of hydrogen-bond acceptors (Lipinski definition) is 12. The molecule has 2 saturated heterocycles. The Balaban J connectivity index is 0.995. The van der Waals surface area contributed by atoms with Gasteiger partial charge in [-0.15, -0.1) is 0 Å². The van der Waals surface area contributed by atoms with Crippen molar-refractivity contribution in [1.82, 2.24) is 35.1 Å². The van der Waals surface area contributed by atoms with Gasteiger partial charge in [0, 0.05) is 88.0 Å². The Bertz CT molecular complexity index is 3440. The van der Waals surface area contributed by atoms with Crippen LogP contribution in [0.15, 0.2) is 128 Å². The third-order valence-corrected chi connectivity index (χ3v) is 12.5. The van der Waals surface area contributed by atoms with E-state index >= 15 is 8.78 Å². The van der Waals surface area contributed by atoms with Crippen LogP contribution < -0.4 is 35.4 Å². The van der Waals surface area contributed by atoms with Crippen LogP contribution in [-0.2, 0) is 24.0 Å². The highest BCUT2D eigenvalue weighted by Crippen LogP contribution is 2.40. The molecule has 2 aliphatic heterocycles. The zero-order valence-corrected chi connectivity index (χ0v) is 40.7. The normalized spacial score (nSPS) is 14.4. The lowest BCUT2D eigenvalue weighted by atomic mass is 10.2. The largest absolute Gasteiger partial charge is 0.454 e. The second-order valence-corrected chi connectivity index (χ2v) is 18.0. The van der Waals surface area contributed by atoms with E-state index in [4.69, 9.17) is 35.8 Å². The maximum atomic E-state index is 15.9. The fourth-order valence-corrected chi connectivity index (χ4v) is 8.66. The molecule has 76 heavy (non-hydrogen) atoms. The molecule has 2 aliphatic rings. The zero-order valence-electron chi connectivity index (χ0n) is 40.0. The molecule has 2 aromatic heterocycles. The van der Waals surface area contributed by atoms with Gasteiger partial charge in [-0.2, -0.15) is 23.2 Å². The van der Waals surface area contributed by atoms with Crippen molar-refractivity contribution < 1.29 is 50.1 Å². The van der Waals surface area contributed by atoms with Gasteiger partial charge in [0.05, 0.1) is 81.0 Å². The van der Waals surface area contributed by atoms with Gasteiger partial charge in [0.2, 0.25) is 0 Å². The number of rotatable bonds is 12. The van der Waals surface area contributed by atoms with Crippen molar-refractivity contribution >= 4 is 68.5 Å². The van der Waals surface area contributed by atoms with Gasteiger partial charge in [0.1, 0.15) is 17.3 Å². The molecule has 0 unspecified atom stereocenters. The highest BCUT2D eigenvalue weighted by Gasteiger charge is 2.37. The van der Waals surface area contributed by atoms with E-state index in [1.165, 1.54) is 24.3 Å². The molecule has 2 fully saturated rings. The lowest BCUT2D eigenvalue weighted by molar-refractivity contribution is -0.137. The number of aromatic nitrogens is 4. The lowest BCUT2D eigenvalue weighted by Crippen LogP contribution is -2.54. The fraction of sp³-hybridized carbons (Fsp3) is 0.208. The molecule has 0 bridgehead atoms. The number of urea groups is 2. The number of ether oxygens (including phenoxy) is 3. The van der Waals surface area contributed by atoms with Crippen LogP contribution in [0.5, 0.6) is 23.0 Å². The zero-order chi connectivity index (χ0) is 52.9. The number of nitrogens with zero attached hydrogens (tertiary/aromatic N) is 8. The minimum absolute atomic E-state index is 0.0107. The fourth-order valence-electron chi connectivity index (χ4n) is 8.44. The van der Waals surface area contributed by atoms with Crippen LogP contribution in [-0.4, -0.2) is 94.3 Å². The molecule has 0 saturated carbocycles. The number of hydrogen-bond donors (Lipinski definition) is 3. The molecule has 4 heterocycles. The number of benzene rings is 6. The number of carbonyl (C=O) groups is 2. The van der Waals surface area contributed by atoms with Crippen LogP contribution in [0, 0.1) is 17.5 Å². The Morgan fingerprint density at radius 3 is 1.72 bits per heavy atom. The SMILES string of the molecule is O=C(Nc1ccc(F)cc1)N(c1ccc(F)c(Oc2ccc3ncc(CN4CCOCC4)nc3c2)c1)N(C(=O)Nc1ccc(F)c(Oc2ccc3ncc(CN4CCNCC4)nc3c2)c1)c1ccc(Cl)c(C(F)(F)F)c1. The van der Waals surface area contributed by atoms with Gasteiger partial charge in [-0.25, -0.2) is 32.7 Å². The summed E-state index contributed by atoms with van der Waals surface area (Å²) in [6.45, 7) is 7.03. The van der Waals surface area contributed by atoms with Crippen molar-refractivity contribution in [2.75, 3.05) is 73.1 Å². The number of piperazine rings is 1. The summed E-state index contributed by atoms with van der Waals surface area (Å²) in [6, 6.07) is 20.1. The second-order valence-electron chi connectivity index (χ2n) is 17.6. The predicted octanol–water partition coefficient (Wildman–Crippen LogP) is 11.2. The van der Waals surface area contributed by atoms with Crippen molar-refractivity contribution in [2.24, 2.45) is 0 Å². The molecular formula is C53H44ClF6N11O5. The van der Waals surface area contributed by atoms with E-state index < -0.39 is 57.7 Å². The summed E-state index contributed by atoms with van der Waals surface area (Å²) in [5, 5.41) is 8.74. The van der Waals surface area contributed by atoms with Gasteiger partial charge in [-0.05, 0) is 91.0 Å². The summed E-state index contributed by atoms with van der Waals surface area (Å²) in [5.74, 6) is -3.06. The minimum Gasteiger partial charge on any atom is -0.454 e. The first-order chi connectivity index (χ1) is 36.7. The maximum Gasteiger partial charge on any atom is 0.417 e. The third kappa shape index (κ3) is 12.2. The van der Waals surface area contributed by atoms with Crippen molar-refractivity contribution in [3.05, 3.63) is 167 Å². The first kappa shape index (κ1) is 51.3. The maximum absolute atomic E-state index is 15.9. The van der Waals surface area contributed by atoms with Gasteiger partial charge < -0.3 is 30.2 Å². The standard InChI is InChI=1S/C53H44ClF6N11O5/c54-42-10-6-37(24-41(42)53(58,59)60)70(52(73)67-34-5-11-43(56)49(23-34)75-39-8-13-45-47(26-39)64-35(28-62-45)30-68-17-15-61-16-18-68)71(51(72)66-33-3-1-32(55)2-4-33)38-7-12-44(57)50(25-38)76-40-9-14-46-48(27-40)65-36(29-63-46)31-69-19-21-74-22-20-69/h1-14,23-29,61H,15-22,30-31H2,(H,66,72)(H,67,73). The Hall–Kier alpha value is -8.15. The number of nitrogens with one attached hydrogen (secondary N) is 3. The molecule has 4 amide bonds. The number of carbonyl (C=O) groups excluding carboxylic acids is 2. The smallest absolute Gasteiger partial charge is 0.417 e. The van der Waals surface area contributed by atoms with Crippen LogP contribution in [0.25, 0.3) is 22.1 Å². The quantitative estimate of drug-likeness (QED) is 0.0785. The second kappa shape index (κ2) is 22.4. The van der Waals surface area contributed by atoms with Gasteiger partial charge >= 0.3 is 18.2 Å². The molecule has 16 nitrogen and oxygen atoms in total.